The van der Waals surface area contributed by atoms with Crippen LogP contribution in [0.25, 0.3) is 0 Å². The number of esters is 2. The van der Waals surface area contributed by atoms with Gasteiger partial charge in [-0.2, -0.15) is 0 Å². The second-order valence-corrected chi connectivity index (χ2v) is 13.9. The highest BCUT2D eigenvalue weighted by Gasteiger charge is 2.25. The number of allylic oxidation sites excluding steroid dienone is 2. The van der Waals surface area contributed by atoms with Crippen LogP contribution in [0.4, 0.5) is 0 Å². The van der Waals surface area contributed by atoms with E-state index in [2.05, 4.69) is 26.0 Å². The molecule has 0 aliphatic carbocycles. The van der Waals surface area contributed by atoms with Gasteiger partial charge in [-0.15, -0.1) is 0 Å². The van der Waals surface area contributed by atoms with E-state index in [1.165, 1.54) is 89.9 Å². The first-order valence-corrected chi connectivity index (χ1v) is 20.2. The first-order chi connectivity index (χ1) is 22.3. The third-order valence-corrected chi connectivity index (χ3v) is 8.89. The summed E-state index contributed by atoms with van der Waals surface area (Å²) in [5.74, 6) is -0.835. The minimum Gasteiger partial charge on any atom is -0.462 e. The van der Waals surface area contributed by atoms with Gasteiger partial charge in [0.05, 0.1) is 13.2 Å². The third kappa shape index (κ3) is 32.7. The maximum atomic E-state index is 12.5. The van der Waals surface area contributed by atoms with Crippen LogP contribution in [-0.2, 0) is 32.7 Å². The van der Waals surface area contributed by atoms with Crippen molar-refractivity contribution in [2.75, 3.05) is 26.4 Å². The van der Waals surface area contributed by atoms with E-state index in [1.807, 2.05) is 0 Å². The predicted octanol–water partition coefficient (Wildman–Crippen LogP) is 9.88. The van der Waals surface area contributed by atoms with Crippen LogP contribution in [0.1, 0.15) is 174 Å². The Morgan fingerprint density at radius 1 is 0.630 bits per heavy atom. The lowest BCUT2D eigenvalue weighted by molar-refractivity contribution is -0.161. The molecule has 1 unspecified atom stereocenters. The Hall–Kier alpha value is -1.25. The predicted molar refractivity (Wildman–Crippen MR) is 188 cm³/mol. The van der Waals surface area contributed by atoms with Gasteiger partial charge in [-0.05, 0) is 38.5 Å². The van der Waals surface area contributed by atoms with Crippen LogP contribution in [0.3, 0.4) is 0 Å². The Morgan fingerprint density at radius 3 is 1.57 bits per heavy atom. The Balaban J connectivity index is 4.23. The summed E-state index contributed by atoms with van der Waals surface area (Å²) in [5.41, 5.74) is 5.32. The van der Waals surface area contributed by atoms with Crippen LogP contribution in [0.15, 0.2) is 12.2 Å². The summed E-state index contributed by atoms with van der Waals surface area (Å²) >= 11 is 0. The fourth-order valence-electron chi connectivity index (χ4n) is 5.10. The highest BCUT2D eigenvalue weighted by molar-refractivity contribution is 7.47. The number of nitrogens with two attached hydrogens (primary N) is 1. The van der Waals surface area contributed by atoms with E-state index >= 15 is 0 Å². The molecule has 0 radical (unpaired) electrons. The third-order valence-electron chi connectivity index (χ3n) is 7.90. The standard InChI is InChI=1S/C36H70NO8P/c1-3-5-7-9-11-13-15-17-19-20-22-24-26-28-35(38)42-32-34(33-44-46(40,41)43-31-30-37)45-36(39)29-27-25-23-21-18-16-14-12-10-8-6-4-2/h13,15,34H,3-12,14,16-33,37H2,1-2H3,(H,40,41)/b15-13-/t34-/m1/s1. The molecular weight excluding hydrogens is 605 g/mol. The van der Waals surface area contributed by atoms with Crippen LogP contribution in [-0.4, -0.2) is 49.3 Å². The van der Waals surface area contributed by atoms with Gasteiger partial charge in [0.15, 0.2) is 6.10 Å². The number of phosphoric ester groups is 1. The van der Waals surface area contributed by atoms with Gasteiger partial charge < -0.3 is 20.1 Å². The van der Waals surface area contributed by atoms with Crippen molar-refractivity contribution < 1.29 is 37.6 Å². The van der Waals surface area contributed by atoms with Crippen molar-refractivity contribution in [1.82, 2.24) is 0 Å². The van der Waals surface area contributed by atoms with E-state index in [1.54, 1.807) is 0 Å². The molecule has 0 aromatic heterocycles. The van der Waals surface area contributed by atoms with Crippen molar-refractivity contribution >= 4 is 19.8 Å². The molecule has 0 aliphatic rings. The summed E-state index contributed by atoms with van der Waals surface area (Å²) in [7, 11) is -4.36. The lowest BCUT2D eigenvalue weighted by atomic mass is 10.0. The Morgan fingerprint density at radius 2 is 1.07 bits per heavy atom. The minimum absolute atomic E-state index is 0.0548. The number of carbonyl (C=O) groups is 2. The molecule has 0 fully saturated rings. The summed E-state index contributed by atoms with van der Waals surface area (Å²) in [5, 5.41) is 0. The normalized spacial score (nSPS) is 13.6. The molecule has 0 heterocycles. The second-order valence-electron chi connectivity index (χ2n) is 12.4. The fourth-order valence-corrected chi connectivity index (χ4v) is 5.86. The average Bonchev–Trinajstić information content (AvgIpc) is 3.04. The topological polar surface area (TPSA) is 134 Å². The molecule has 0 rings (SSSR count). The van der Waals surface area contributed by atoms with Gasteiger partial charge in [-0.1, -0.05) is 135 Å². The lowest BCUT2D eigenvalue weighted by Gasteiger charge is -2.19. The zero-order valence-corrected chi connectivity index (χ0v) is 30.5. The Kier molecular flexibility index (Phi) is 32.7. The van der Waals surface area contributed by atoms with Gasteiger partial charge in [-0.25, -0.2) is 4.57 Å². The monoisotopic (exact) mass is 675 g/mol. The number of hydrogen-bond acceptors (Lipinski definition) is 8. The van der Waals surface area contributed by atoms with Gasteiger partial charge in [-0.3, -0.25) is 18.6 Å². The zero-order chi connectivity index (χ0) is 34.0. The van der Waals surface area contributed by atoms with Crippen molar-refractivity contribution in [3.05, 3.63) is 12.2 Å². The number of ether oxygens (including phenoxy) is 2. The van der Waals surface area contributed by atoms with Crippen molar-refractivity contribution in [3.63, 3.8) is 0 Å². The minimum atomic E-state index is -4.36. The summed E-state index contributed by atoms with van der Waals surface area (Å²) < 4.78 is 32.6. The van der Waals surface area contributed by atoms with Gasteiger partial charge in [0.25, 0.3) is 0 Å². The summed E-state index contributed by atoms with van der Waals surface area (Å²) in [4.78, 5) is 34.6. The quantitative estimate of drug-likeness (QED) is 0.0291. The molecule has 0 amide bonds. The molecule has 272 valence electrons. The van der Waals surface area contributed by atoms with Gasteiger partial charge >= 0.3 is 19.8 Å². The molecule has 3 N–H and O–H groups in total. The molecular formula is C36H70NO8P. The number of unbranched alkanes of at least 4 members (excludes halogenated alkanes) is 20. The maximum absolute atomic E-state index is 12.5. The Labute approximate surface area is 281 Å². The van der Waals surface area contributed by atoms with Crippen molar-refractivity contribution in [2.45, 2.75) is 180 Å². The summed E-state index contributed by atoms with van der Waals surface area (Å²) in [6, 6.07) is 0. The van der Waals surface area contributed by atoms with Gasteiger partial charge in [0.2, 0.25) is 0 Å². The van der Waals surface area contributed by atoms with Gasteiger partial charge in [0, 0.05) is 19.4 Å². The van der Waals surface area contributed by atoms with E-state index in [0.717, 1.165) is 51.4 Å². The number of carbonyl (C=O) groups excluding carboxylic acids is 2. The smallest absolute Gasteiger partial charge is 0.462 e. The summed E-state index contributed by atoms with van der Waals surface area (Å²) in [6.07, 6.45) is 30.9. The van der Waals surface area contributed by atoms with Crippen LogP contribution in [0.2, 0.25) is 0 Å². The van der Waals surface area contributed by atoms with Crippen molar-refractivity contribution in [1.29, 1.82) is 0 Å². The van der Waals surface area contributed by atoms with E-state index in [-0.39, 0.29) is 38.6 Å². The molecule has 0 spiro atoms. The maximum Gasteiger partial charge on any atom is 0.472 e. The molecule has 0 bridgehead atoms. The fraction of sp³-hybridized carbons (Fsp3) is 0.889. The molecule has 0 aromatic rings. The zero-order valence-electron chi connectivity index (χ0n) is 29.6. The van der Waals surface area contributed by atoms with E-state index in [9.17, 15) is 19.0 Å². The molecule has 2 atom stereocenters. The SMILES string of the molecule is CCCCCC/C=C\CCCCCCCC(=O)OC[C@H](COP(=O)(O)OCCN)OC(=O)CCCCCCCCCCCCCC. The number of rotatable bonds is 35. The van der Waals surface area contributed by atoms with Crippen LogP contribution in [0, 0.1) is 0 Å². The molecule has 0 saturated heterocycles. The van der Waals surface area contributed by atoms with Crippen LogP contribution < -0.4 is 5.73 Å². The first-order valence-electron chi connectivity index (χ1n) is 18.7. The first kappa shape index (κ1) is 44.8. The average molecular weight is 676 g/mol. The largest absolute Gasteiger partial charge is 0.472 e. The van der Waals surface area contributed by atoms with E-state index in [0.29, 0.717) is 6.42 Å². The van der Waals surface area contributed by atoms with E-state index < -0.39 is 26.5 Å². The Bertz CT molecular complexity index is 779. The highest BCUT2D eigenvalue weighted by Crippen LogP contribution is 2.43. The second kappa shape index (κ2) is 33.6. The highest BCUT2D eigenvalue weighted by atomic mass is 31.2. The lowest BCUT2D eigenvalue weighted by Crippen LogP contribution is -2.29. The van der Waals surface area contributed by atoms with E-state index in [4.69, 9.17) is 24.3 Å². The van der Waals surface area contributed by atoms with Gasteiger partial charge in [0.1, 0.15) is 6.61 Å². The molecule has 0 saturated carbocycles. The molecule has 10 heteroatoms. The van der Waals surface area contributed by atoms with Crippen molar-refractivity contribution in [2.24, 2.45) is 5.73 Å². The molecule has 9 nitrogen and oxygen atoms in total. The van der Waals surface area contributed by atoms with Crippen LogP contribution >= 0.6 is 7.82 Å². The number of hydrogen-bond donors (Lipinski definition) is 2. The van der Waals surface area contributed by atoms with Crippen LogP contribution in [0.5, 0.6) is 0 Å². The molecule has 46 heavy (non-hydrogen) atoms. The summed E-state index contributed by atoms with van der Waals surface area (Å²) in [6.45, 7) is 3.70. The van der Waals surface area contributed by atoms with Crippen molar-refractivity contribution in [3.8, 4) is 0 Å². The molecule has 0 aromatic carbocycles. The number of phosphoric acid groups is 1. The molecule has 0 aliphatic heterocycles.